The minimum atomic E-state index is -0.408. The summed E-state index contributed by atoms with van der Waals surface area (Å²) in [5, 5.41) is 10.4. The Morgan fingerprint density at radius 3 is 2.68 bits per heavy atom. The number of anilines is 1. The number of nitrogens with one attached hydrogen (secondary N) is 1. The molecule has 31 heavy (non-hydrogen) atoms. The fourth-order valence-corrected chi connectivity index (χ4v) is 2.91. The third-order valence-corrected chi connectivity index (χ3v) is 4.27. The van der Waals surface area contributed by atoms with Gasteiger partial charge in [-0.15, -0.1) is 5.10 Å². The third-order valence-electron chi connectivity index (χ3n) is 4.27. The summed E-state index contributed by atoms with van der Waals surface area (Å²) in [6, 6.07) is 10.7. The summed E-state index contributed by atoms with van der Waals surface area (Å²) in [7, 11) is 0. The smallest absolute Gasteiger partial charge is 0.322 e. The molecule has 2 aromatic carbocycles. The molecule has 0 saturated carbocycles. The van der Waals surface area contributed by atoms with Crippen molar-refractivity contribution in [2.45, 2.75) is 13.8 Å². The molecule has 1 aliphatic heterocycles. The number of nitrogens with zero attached hydrogens (tertiary/aromatic N) is 2. The molecular weight excluding hydrogens is 402 g/mol. The van der Waals surface area contributed by atoms with Crippen LogP contribution in [0, 0.1) is 0 Å². The molecule has 0 unspecified atom stereocenters. The van der Waals surface area contributed by atoms with Crippen LogP contribution >= 0.6 is 0 Å². The molecule has 0 fully saturated rings. The molecule has 0 radical (unpaired) electrons. The van der Waals surface area contributed by atoms with Crippen LogP contribution in [-0.4, -0.2) is 36.1 Å². The number of carbonyl (C=O) groups excluding carboxylic acids is 1. The first-order chi connectivity index (χ1) is 15.2. The van der Waals surface area contributed by atoms with Crippen molar-refractivity contribution in [1.29, 1.82) is 0 Å². The number of benzene rings is 2. The van der Waals surface area contributed by atoms with E-state index in [1.54, 1.807) is 36.4 Å². The van der Waals surface area contributed by atoms with Crippen molar-refractivity contribution in [3.05, 3.63) is 48.0 Å². The lowest BCUT2D eigenvalue weighted by molar-refractivity contribution is -0.112. The van der Waals surface area contributed by atoms with Crippen LogP contribution in [-0.2, 0) is 4.79 Å². The van der Waals surface area contributed by atoms with Gasteiger partial charge in [0.05, 0.1) is 13.2 Å². The normalized spacial score (nSPS) is 12.2. The molecule has 4 rings (SSSR count). The van der Waals surface area contributed by atoms with E-state index in [4.69, 9.17) is 23.4 Å². The van der Waals surface area contributed by atoms with Crippen LogP contribution in [0.3, 0.4) is 0 Å². The monoisotopic (exact) mass is 423 g/mol. The van der Waals surface area contributed by atoms with Crippen molar-refractivity contribution in [1.82, 2.24) is 10.2 Å². The Hall–Kier alpha value is -4.01. The van der Waals surface area contributed by atoms with Gasteiger partial charge in [0.2, 0.25) is 12.7 Å². The highest BCUT2D eigenvalue weighted by Gasteiger charge is 2.14. The van der Waals surface area contributed by atoms with Crippen molar-refractivity contribution in [3.8, 4) is 34.5 Å². The highest BCUT2D eigenvalue weighted by molar-refractivity contribution is 6.00. The number of fused-ring (bicyclic) bond motifs is 1. The van der Waals surface area contributed by atoms with Crippen LogP contribution in [0.5, 0.6) is 23.0 Å². The Bertz CT molecular complexity index is 1110. The van der Waals surface area contributed by atoms with Gasteiger partial charge in [-0.1, -0.05) is 11.2 Å². The van der Waals surface area contributed by atoms with Crippen LogP contribution in [0.1, 0.15) is 19.4 Å². The van der Waals surface area contributed by atoms with E-state index >= 15 is 0 Å². The zero-order valence-corrected chi connectivity index (χ0v) is 17.1. The van der Waals surface area contributed by atoms with E-state index in [1.165, 1.54) is 6.08 Å². The van der Waals surface area contributed by atoms with Gasteiger partial charge in [-0.25, -0.2) is 0 Å². The lowest BCUT2D eigenvalue weighted by Gasteiger charge is -2.11. The molecule has 1 N–H and O–H groups in total. The zero-order valence-electron chi connectivity index (χ0n) is 17.1. The maximum Gasteiger partial charge on any atom is 0.322 e. The molecular formula is C22H21N3O6. The molecule has 3 aromatic rings. The van der Waals surface area contributed by atoms with Gasteiger partial charge in [-0.2, -0.15) is 0 Å². The quantitative estimate of drug-likeness (QED) is 0.544. The molecule has 0 spiro atoms. The van der Waals surface area contributed by atoms with Gasteiger partial charge in [-0.3, -0.25) is 10.1 Å². The number of amides is 1. The van der Waals surface area contributed by atoms with E-state index in [0.717, 1.165) is 5.56 Å². The Morgan fingerprint density at radius 2 is 1.84 bits per heavy atom. The van der Waals surface area contributed by atoms with Crippen LogP contribution in [0.15, 0.2) is 46.9 Å². The Kier molecular flexibility index (Phi) is 6.02. The van der Waals surface area contributed by atoms with Gasteiger partial charge >= 0.3 is 6.01 Å². The van der Waals surface area contributed by atoms with Gasteiger partial charge in [0, 0.05) is 11.6 Å². The van der Waals surface area contributed by atoms with Crippen LogP contribution in [0.4, 0.5) is 6.01 Å². The van der Waals surface area contributed by atoms with E-state index in [9.17, 15) is 4.79 Å². The first-order valence-electron chi connectivity index (χ1n) is 9.78. The van der Waals surface area contributed by atoms with Gasteiger partial charge < -0.3 is 23.4 Å². The molecule has 0 atom stereocenters. The molecule has 160 valence electrons. The predicted molar refractivity (Wildman–Crippen MR) is 112 cm³/mol. The number of carbonyl (C=O) groups is 1. The third kappa shape index (κ3) is 4.77. The van der Waals surface area contributed by atoms with Crippen molar-refractivity contribution in [2.24, 2.45) is 0 Å². The number of rotatable bonds is 8. The van der Waals surface area contributed by atoms with Gasteiger partial charge in [0.1, 0.15) is 0 Å². The SMILES string of the molecule is CCOc1ccc(-c2nnc(NC(=O)/C=C/c3ccc4c(c3)OCO4)o2)cc1OCC. The Morgan fingerprint density at radius 1 is 1.03 bits per heavy atom. The largest absolute Gasteiger partial charge is 0.490 e. The average molecular weight is 423 g/mol. The molecule has 1 aromatic heterocycles. The highest BCUT2D eigenvalue weighted by atomic mass is 16.7. The number of hydrogen-bond donors (Lipinski definition) is 1. The second-order valence-electron chi connectivity index (χ2n) is 6.38. The summed E-state index contributed by atoms with van der Waals surface area (Å²) in [5.74, 6) is 2.38. The maximum atomic E-state index is 12.2. The summed E-state index contributed by atoms with van der Waals surface area (Å²) >= 11 is 0. The molecule has 9 nitrogen and oxygen atoms in total. The molecule has 0 aliphatic carbocycles. The average Bonchev–Trinajstić information content (AvgIpc) is 3.43. The minimum Gasteiger partial charge on any atom is -0.490 e. The van der Waals surface area contributed by atoms with E-state index in [2.05, 4.69) is 15.5 Å². The van der Waals surface area contributed by atoms with E-state index < -0.39 is 5.91 Å². The number of ether oxygens (including phenoxy) is 4. The van der Waals surface area contributed by atoms with Gasteiger partial charge in [0.25, 0.3) is 5.91 Å². The molecule has 2 heterocycles. The van der Waals surface area contributed by atoms with Crippen molar-refractivity contribution in [3.63, 3.8) is 0 Å². The molecule has 0 saturated heterocycles. The lowest BCUT2D eigenvalue weighted by Crippen LogP contribution is -2.07. The van der Waals surface area contributed by atoms with Crippen molar-refractivity contribution in [2.75, 3.05) is 25.3 Å². The summed E-state index contributed by atoms with van der Waals surface area (Å²) in [6.45, 7) is 5.00. The Balaban J connectivity index is 1.43. The first kappa shape index (κ1) is 20.3. The summed E-state index contributed by atoms with van der Waals surface area (Å²) in [6.07, 6.45) is 3.01. The van der Waals surface area contributed by atoms with Crippen LogP contribution in [0.2, 0.25) is 0 Å². The maximum absolute atomic E-state index is 12.2. The van der Waals surface area contributed by atoms with Crippen molar-refractivity contribution >= 4 is 18.0 Å². The molecule has 9 heteroatoms. The van der Waals surface area contributed by atoms with Gasteiger partial charge in [-0.05, 0) is 55.8 Å². The summed E-state index contributed by atoms with van der Waals surface area (Å²) in [5.41, 5.74) is 1.44. The summed E-state index contributed by atoms with van der Waals surface area (Å²) < 4.78 is 27.3. The van der Waals surface area contributed by atoms with Crippen LogP contribution in [0.25, 0.3) is 17.5 Å². The molecule has 1 aliphatic rings. The second kappa shape index (κ2) is 9.21. The number of aromatic nitrogens is 2. The predicted octanol–water partition coefficient (Wildman–Crippen LogP) is 3.91. The first-order valence-corrected chi connectivity index (χ1v) is 9.78. The summed E-state index contributed by atoms with van der Waals surface area (Å²) in [4.78, 5) is 12.2. The topological polar surface area (TPSA) is 105 Å². The van der Waals surface area contributed by atoms with Gasteiger partial charge in [0.15, 0.2) is 23.0 Å². The van der Waals surface area contributed by atoms with E-state index in [-0.39, 0.29) is 18.7 Å². The van der Waals surface area contributed by atoms with Crippen LogP contribution < -0.4 is 24.3 Å². The Labute approximate surface area is 178 Å². The molecule has 1 amide bonds. The fourth-order valence-electron chi connectivity index (χ4n) is 2.91. The van der Waals surface area contributed by atoms with Crippen molar-refractivity contribution < 1.29 is 28.2 Å². The zero-order chi connectivity index (χ0) is 21.6. The number of hydrogen-bond acceptors (Lipinski definition) is 8. The lowest BCUT2D eigenvalue weighted by atomic mass is 10.2. The minimum absolute atomic E-state index is 0.0119. The van der Waals surface area contributed by atoms with E-state index in [1.807, 2.05) is 19.9 Å². The fraction of sp³-hybridized carbons (Fsp3) is 0.227. The highest BCUT2D eigenvalue weighted by Crippen LogP contribution is 2.34. The second-order valence-corrected chi connectivity index (χ2v) is 6.38. The van der Waals surface area contributed by atoms with E-state index in [0.29, 0.717) is 41.8 Å². The standard InChI is InChI=1S/C22H21N3O6/c1-3-27-16-9-7-15(12-19(16)28-4-2)21-24-25-22(31-21)23-20(26)10-6-14-5-8-17-18(11-14)30-13-29-17/h5-12H,3-4,13H2,1-2H3,(H,23,25,26)/b10-6+. The molecule has 0 bridgehead atoms.